The van der Waals surface area contributed by atoms with Gasteiger partial charge in [0.05, 0.1) is 11.1 Å². The van der Waals surface area contributed by atoms with E-state index in [2.05, 4.69) is 20.4 Å². The monoisotopic (exact) mass is 672 g/mol. The van der Waals surface area contributed by atoms with Gasteiger partial charge in [0, 0.05) is 24.5 Å². The van der Waals surface area contributed by atoms with E-state index in [-0.39, 0.29) is 35.9 Å². The molecule has 2 rings (SSSR count). The van der Waals surface area contributed by atoms with Gasteiger partial charge in [-0.05, 0) is 94.0 Å². The molecule has 2 aromatic carbocycles. The van der Waals surface area contributed by atoms with Crippen LogP contribution in [0.4, 0.5) is 21.0 Å². The molecule has 2 unspecified atom stereocenters. The standard InChI is InChI=1S/C31H44N4O8.2ClH/c1-5-34(6-2)20-26(42-30(40)32-24-16-12-22(13-17-24)28(36)37)10-9-11-27(21-35(7-3)8-4)43-31(41)33-25-18-14-23(15-19-25)29(38)39;;/h12-19,26-27H,5-11,20-21H2,1-4H3,(H,32,40)(H,33,41)(H,36,37)(H,38,39);2*1H. The van der Waals surface area contributed by atoms with Gasteiger partial charge in [-0.2, -0.15) is 0 Å². The second-order valence-electron chi connectivity index (χ2n) is 9.97. The van der Waals surface area contributed by atoms with Crippen molar-refractivity contribution in [3.05, 3.63) is 59.7 Å². The highest BCUT2D eigenvalue weighted by molar-refractivity contribution is 5.90. The van der Waals surface area contributed by atoms with Crippen LogP contribution in [0.5, 0.6) is 0 Å². The number of hydrogen-bond donors (Lipinski definition) is 4. The number of carbonyl (C=O) groups excluding carboxylic acids is 2. The van der Waals surface area contributed by atoms with Crippen LogP contribution >= 0.6 is 24.8 Å². The number of halogens is 2. The van der Waals surface area contributed by atoms with Crippen LogP contribution in [0.15, 0.2) is 48.5 Å². The highest BCUT2D eigenvalue weighted by Crippen LogP contribution is 2.16. The van der Waals surface area contributed by atoms with Crippen LogP contribution < -0.4 is 10.6 Å². The Morgan fingerprint density at radius 2 is 0.933 bits per heavy atom. The Labute approximate surface area is 277 Å². The molecule has 2 atom stereocenters. The van der Waals surface area contributed by atoms with E-state index >= 15 is 0 Å². The van der Waals surface area contributed by atoms with Gasteiger partial charge in [-0.1, -0.05) is 27.7 Å². The van der Waals surface area contributed by atoms with Gasteiger partial charge in [0.15, 0.2) is 0 Å². The van der Waals surface area contributed by atoms with Crippen LogP contribution in [0.2, 0.25) is 0 Å². The quantitative estimate of drug-likeness (QED) is 0.141. The average molecular weight is 674 g/mol. The maximum Gasteiger partial charge on any atom is 0.411 e. The number of rotatable bonds is 18. The average Bonchev–Trinajstić information content (AvgIpc) is 2.98. The minimum atomic E-state index is -1.05. The number of hydrogen-bond acceptors (Lipinski definition) is 8. The summed E-state index contributed by atoms with van der Waals surface area (Å²) in [6.45, 7) is 12.4. The molecule has 0 spiro atoms. The van der Waals surface area contributed by atoms with E-state index in [9.17, 15) is 19.2 Å². The lowest BCUT2D eigenvalue weighted by molar-refractivity contribution is 0.0600. The van der Waals surface area contributed by atoms with Crippen LogP contribution in [0, 0.1) is 0 Å². The molecule has 0 bridgehead atoms. The van der Waals surface area contributed by atoms with Gasteiger partial charge in [0.25, 0.3) is 0 Å². The number of carboxylic acid groups (broad SMARTS) is 2. The van der Waals surface area contributed by atoms with E-state index in [0.717, 1.165) is 26.2 Å². The fourth-order valence-corrected chi connectivity index (χ4v) is 4.48. The maximum absolute atomic E-state index is 12.7. The summed E-state index contributed by atoms with van der Waals surface area (Å²) in [7, 11) is 0. The maximum atomic E-state index is 12.7. The number of amides is 2. The number of aromatic carboxylic acids is 2. The Morgan fingerprint density at radius 1 is 0.622 bits per heavy atom. The molecule has 252 valence electrons. The van der Waals surface area contributed by atoms with Crippen molar-refractivity contribution in [3.63, 3.8) is 0 Å². The molecular weight excluding hydrogens is 627 g/mol. The van der Waals surface area contributed by atoms with Gasteiger partial charge in [0.2, 0.25) is 0 Å². The fraction of sp³-hybridized carbons (Fsp3) is 0.484. The minimum absolute atomic E-state index is 0. The molecule has 2 amide bonds. The predicted molar refractivity (Wildman–Crippen MR) is 179 cm³/mol. The molecule has 4 N–H and O–H groups in total. The lowest BCUT2D eigenvalue weighted by Gasteiger charge is -2.27. The third-order valence-corrected chi connectivity index (χ3v) is 7.07. The molecule has 0 aliphatic carbocycles. The molecule has 45 heavy (non-hydrogen) atoms. The van der Waals surface area contributed by atoms with Gasteiger partial charge >= 0.3 is 24.1 Å². The summed E-state index contributed by atoms with van der Waals surface area (Å²) in [4.78, 5) is 51.9. The van der Waals surface area contributed by atoms with Crippen LogP contribution in [0.3, 0.4) is 0 Å². The lowest BCUT2D eigenvalue weighted by atomic mass is 10.1. The second kappa shape index (κ2) is 22.0. The third-order valence-electron chi connectivity index (χ3n) is 7.07. The number of benzene rings is 2. The fourth-order valence-electron chi connectivity index (χ4n) is 4.48. The van der Waals surface area contributed by atoms with E-state index < -0.39 is 36.3 Å². The van der Waals surface area contributed by atoms with E-state index in [1.54, 1.807) is 0 Å². The first-order valence-electron chi connectivity index (χ1n) is 14.6. The Morgan fingerprint density at radius 3 is 1.20 bits per heavy atom. The van der Waals surface area contributed by atoms with Gasteiger partial charge in [-0.3, -0.25) is 10.6 Å². The summed E-state index contributed by atoms with van der Waals surface area (Å²) in [5.74, 6) is -2.10. The number of ether oxygens (including phenoxy) is 2. The largest absolute Gasteiger partial charge is 0.478 e. The third kappa shape index (κ3) is 15.3. The topological polar surface area (TPSA) is 158 Å². The zero-order chi connectivity index (χ0) is 31.8. The Balaban J connectivity index is 0.00000968. The van der Waals surface area contributed by atoms with Crippen molar-refractivity contribution >= 4 is 60.3 Å². The number of likely N-dealkylation sites (N-methyl/N-ethyl adjacent to an activating group) is 2. The minimum Gasteiger partial charge on any atom is -0.478 e. The first-order valence-corrected chi connectivity index (χ1v) is 14.6. The molecule has 0 saturated carbocycles. The summed E-state index contributed by atoms with van der Waals surface area (Å²) in [5, 5.41) is 23.5. The number of anilines is 2. The molecule has 0 aromatic heterocycles. The molecule has 0 aliphatic rings. The van der Waals surface area contributed by atoms with Gasteiger partial charge in [0.1, 0.15) is 12.2 Å². The number of carboxylic acids is 2. The second-order valence-corrected chi connectivity index (χ2v) is 9.97. The van der Waals surface area contributed by atoms with E-state index in [4.69, 9.17) is 19.7 Å². The first kappa shape index (κ1) is 41.4. The molecular formula is C31H46Cl2N4O8. The Hall–Kier alpha value is -3.58. The normalized spacial score (nSPS) is 11.9. The number of nitrogens with zero attached hydrogens (tertiary/aromatic N) is 2. The summed E-state index contributed by atoms with van der Waals surface area (Å²) < 4.78 is 11.6. The number of nitrogens with one attached hydrogen (secondary N) is 2. The molecule has 0 heterocycles. The molecule has 0 radical (unpaired) electrons. The highest BCUT2D eigenvalue weighted by Gasteiger charge is 2.22. The Bertz CT molecular complexity index is 1090. The van der Waals surface area contributed by atoms with Crippen molar-refractivity contribution in [2.45, 2.75) is 59.2 Å². The zero-order valence-electron chi connectivity index (χ0n) is 26.2. The van der Waals surface area contributed by atoms with Crippen molar-refractivity contribution < 1.29 is 38.9 Å². The van der Waals surface area contributed by atoms with Crippen LogP contribution in [0.25, 0.3) is 0 Å². The van der Waals surface area contributed by atoms with E-state index in [1.165, 1.54) is 48.5 Å². The molecule has 12 nitrogen and oxygen atoms in total. The summed E-state index contributed by atoms with van der Waals surface area (Å²) in [6, 6.07) is 11.6. The molecule has 0 saturated heterocycles. The van der Waals surface area contributed by atoms with Crippen LogP contribution in [0.1, 0.15) is 67.7 Å². The highest BCUT2D eigenvalue weighted by atomic mass is 35.5. The van der Waals surface area contributed by atoms with Crippen molar-refractivity contribution in [2.24, 2.45) is 0 Å². The van der Waals surface area contributed by atoms with Gasteiger partial charge in [-0.25, -0.2) is 19.2 Å². The van der Waals surface area contributed by atoms with Crippen molar-refractivity contribution in [3.8, 4) is 0 Å². The first-order chi connectivity index (χ1) is 20.6. The number of carbonyl (C=O) groups is 4. The predicted octanol–water partition coefficient (Wildman–Crippen LogP) is 6.31. The van der Waals surface area contributed by atoms with Crippen molar-refractivity contribution in [2.75, 3.05) is 49.9 Å². The van der Waals surface area contributed by atoms with Crippen LogP contribution in [-0.2, 0) is 9.47 Å². The van der Waals surface area contributed by atoms with Gasteiger partial charge < -0.3 is 29.5 Å². The van der Waals surface area contributed by atoms with E-state index in [0.29, 0.717) is 43.7 Å². The van der Waals surface area contributed by atoms with Gasteiger partial charge in [-0.15, -0.1) is 24.8 Å². The van der Waals surface area contributed by atoms with Crippen LogP contribution in [-0.4, -0.2) is 95.6 Å². The Kier molecular flexibility index (Phi) is 20.3. The van der Waals surface area contributed by atoms with Crippen molar-refractivity contribution in [1.82, 2.24) is 9.80 Å². The zero-order valence-corrected chi connectivity index (χ0v) is 27.8. The smallest absolute Gasteiger partial charge is 0.411 e. The summed E-state index contributed by atoms with van der Waals surface area (Å²) in [6.07, 6.45) is -0.410. The molecule has 0 fully saturated rings. The molecule has 14 heteroatoms. The molecule has 0 aliphatic heterocycles. The van der Waals surface area contributed by atoms with E-state index in [1.807, 2.05) is 27.7 Å². The van der Waals surface area contributed by atoms with Crippen molar-refractivity contribution in [1.29, 1.82) is 0 Å². The molecule has 2 aromatic rings. The summed E-state index contributed by atoms with van der Waals surface area (Å²) >= 11 is 0. The lowest BCUT2D eigenvalue weighted by Crippen LogP contribution is -2.37. The summed E-state index contributed by atoms with van der Waals surface area (Å²) in [5.41, 5.74) is 1.08. The SMILES string of the molecule is CCN(CC)CC(CCCC(CN(CC)CC)OC(=O)Nc1ccc(C(=O)O)cc1)OC(=O)Nc1ccc(C(=O)O)cc1.Cl.Cl.